The molecule has 3 amide bonds. The average Bonchev–Trinajstić information content (AvgIpc) is 2.70. The number of hydrogen-bond donors (Lipinski definition) is 3. The van der Waals surface area contributed by atoms with Crippen molar-refractivity contribution in [3.63, 3.8) is 0 Å². The smallest absolute Gasteiger partial charge is 0.247 e. The van der Waals surface area contributed by atoms with Crippen LogP contribution in [0.4, 0.5) is 17.5 Å². The van der Waals surface area contributed by atoms with E-state index in [0.717, 1.165) is 0 Å². The van der Waals surface area contributed by atoms with Crippen LogP contribution >= 0.6 is 0 Å². The third kappa shape index (κ3) is 4.94. The first-order chi connectivity index (χ1) is 13.6. The molecular formula is C19H16N6O3. The molecule has 0 unspecified atom stereocenters. The van der Waals surface area contributed by atoms with Gasteiger partial charge in [-0.2, -0.15) is 0 Å². The molecule has 9 heteroatoms. The highest BCUT2D eigenvalue weighted by molar-refractivity contribution is 6.25. The van der Waals surface area contributed by atoms with Crippen LogP contribution in [0.15, 0.2) is 73.2 Å². The Morgan fingerprint density at radius 3 is 1.14 bits per heavy atom. The maximum Gasteiger partial charge on any atom is 0.247 e. The Hall–Kier alpha value is -4.14. The van der Waals surface area contributed by atoms with E-state index in [2.05, 4.69) is 30.9 Å². The highest BCUT2D eigenvalue weighted by Crippen LogP contribution is 2.12. The number of carbonyl (C=O) groups is 3. The zero-order valence-electron chi connectivity index (χ0n) is 14.6. The highest BCUT2D eigenvalue weighted by Gasteiger charge is 2.35. The molecule has 28 heavy (non-hydrogen) atoms. The van der Waals surface area contributed by atoms with E-state index < -0.39 is 23.6 Å². The molecule has 0 fully saturated rings. The summed E-state index contributed by atoms with van der Waals surface area (Å²) in [5, 5.41) is 7.39. The van der Waals surface area contributed by atoms with Gasteiger partial charge in [0.15, 0.2) is 5.92 Å². The molecular weight excluding hydrogens is 360 g/mol. The number of anilines is 3. The van der Waals surface area contributed by atoms with Gasteiger partial charge in [-0.1, -0.05) is 18.2 Å². The summed E-state index contributed by atoms with van der Waals surface area (Å²) in [7, 11) is 0. The van der Waals surface area contributed by atoms with Crippen LogP contribution in [0.1, 0.15) is 0 Å². The number of aromatic nitrogens is 3. The number of nitrogens with one attached hydrogen (secondary N) is 3. The Labute approximate surface area is 160 Å². The molecule has 0 aliphatic heterocycles. The molecule has 140 valence electrons. The molecule has 9 nitrogen and oxygen atoms in total. The van der Waals surface area contributed by atoms with E-state index in [4.69, 9.17) is 0 Å². The molecule has 3 rings (SSSR count). The molecule has 0 saturated carbocycles. The summed E-state index contributed by atoms with van der Waals surface area (Å²) in [5.41, 5.74) is 0. The zero-order chi connectivity index (χ0) is 19.8. The van der Waals surface area contributed by atoms with Crippen LogP contribution < -0.4 is 16.0 Å². The molecule has 0 bridgehead atoms. The average molecular weight is 376 g/mol. The van der Waals surface area contributed by atoms with E-state index in [9.17, 15) is 14.4 Å². The topological polar surface area (TPSA) is 126 Å². The molecule has 0 radical (unpaired) electrons. The van der Waals surface area contributed by atoms with E-state index in [1.54, 1.807) is 54.6 Å². The summed E-state index contributed by atoms with van der Waals surface area (Å²) in [6.45, 7) is 0. The molecule has 0 spiro atoms. The lowest BCUT2D eigenvalue weighted by molar-refractivity contribution is -0.136. The fraction of sp³-hybridized carbons (Fsp3) is 0.0526. The predicted octanol–water partition coefficient (Wildman–Crippen LogP) is 1.70. The van der Waals surface area contributed by atoms with Crippen molar-refractivity contribution >= 4 is 35.2 Å². The van der Waals surface area contributed by atoms with Gasteiger partial charge < -0.3 is 16.0 Å². The van der Waals surface area contributed by atoms with E-state index >= 15 is 0 Å². The second kappa shape index (κ2) is 8.99. The van der Waals surface area contributed by atoms with Crippen LogP contribution in [-0.4, -0.2) is 32.7 Å². The van der Waals surface area contributed by atoms with Crippen molar-refractivity contribution in [1.82, 2.24) is 15.0 Å². The SMILES string of the molecule is O=C(Nc1ccccn1)C(C(=O)Nc1ccccn1)C(=O)Nc1ccccn1. The molecule has 3 aromatic rings. The summed E-state index contributed by atoms with van der Waals surface area (Å²) in [6, 6.07) is 14.7. The van der Waals surface area contributed by atoms with Crippen LogP contribution in [0.2, 0.25) is 0 Å². The van der Waals surface area contributed by atoms with Gasteiger partial charge in [-0.15, -0.1) is 0 Å². The van der Waals surface area contributed by atoms with Crippen LogP contribution in [0.25, 0.3) is 0 Å². The van der Waals surface area contributed by atoms with Crippen LogP contribution in [0, 0.1) is 5.92 Å². The Morgan fingerprint density at radius 2 is 0.893 bits per heavy atom. The lowest BCUT2D eigenvalue weighted by Gasteiger charge is -2.16. The first-order valence-electron chi connectivity index (χ1n) is 8.29. The normalized spacial score (nSPS) is 10.2. The number of hydrogen-bond acceptors (Lipinski definition) is 6. The Balaban J connectivity index is 1.80. The number of carbonyl (C=O) groups excluding carboxylic acids is 3. The fourth-order valence-corrected chi connectivity index (χ4v) is 2.26. The minimum Gasteiger partial charge on any atom is -0.310 e. The maximum absolute atomic E-state index is 12.7. The molecule has 0 aliphatic carbocycles. The quantitative estimate of drug-likeness (QED) is 0.562. The van der Waals surface area contributed by atoms with Crippen molar-refractivity contribution in [3.05, 3.63) is 73.2 Å². The number of nitrogens with zero attached hydrogens (tertiary/aromatic N) is 3. The molecule has 0 aromatic carbocycles. The van der Waals surface area contributed by atoms with Crippen molar-refractivity contribution in [2.75, 3.05) is 16.0 Å². The van der Waals surface area contributed by atoms with E-state index in [1.807, 2.05) is 0 Å². The second-order valence-corrected chi connectivity index (χ2v) is 5.55. The first-order valence-corrected chi connectivity index (χ1v) is 8.29. The zero-order valence-corrected chi connectivity index (χ0v) is 14.6. The summed E-state index contributed by atoms with van der Waals surface area (Å²) < 4.78 is 0. The van der Waals surface area contributed by atoms with Gasteiger partial charge in [0.1, 0.15) is 17.5 Å². The lowest BCUT2D eigenvalue weighted by Crippen LogP contribution is -2.42. The number of rotatable bonds is 6. The predicted molar refractivity (Wildman–Crippen MR) is 102 cm³/mol. The molecule has 0 aliphatic rings. The van der Waals surface area contributed by atoms with E-state index in [1.165, 1.54) is 18.6 Å². The monoisotopic (exact) mass is 376 g/mol. The number of amides is 3. The third-order valence-electron chi connectivity index (χ3n) is 3.54. The maximum atomic E-state index is 12.7. The standard InChI is InChI=1S/C19H16N6O3/c26-17(23-13-7-1-4-10-20-13)16(18(27)24-14-8-2-5-11-21-14)19(28)25-15-9-3-6-12-22-15/h1-12,16H,(H,20,23,26)(H,21,24,27)(H,22,25,28). The Kier molecular flexibility index (Phi) is 5.99. The Morgan fingerprint density at radius 1 is 0.571 bits per heavy atom. The van der Waals surface area contributed by atoms with Crippen molar-refractivity contribution in [3.8, 4) is 0 Å². The second-order valence-electron chi connectivity index (χ2n) is 5.55. The van der Waals surface area contributed by atoms with Gasteiger partial charge in [0.05, 0.1) is 0 Å². The van der Waals surface area contributed by atoms with Gasteiger partial charge in [0.2, 0.25) is 17.7 Å². The van der Waals surface area contributed by atoms with Crippen LogP contribution in [0.5, 0.6) is 0 Å². The minimum atomic E-state index is -1.69. The van der Waals surface area contributed by atoms with Crippen LogP contribution in [-0.2, 0) is 14.4 Å². The molecule has 3 N–H and O–H groups in total. The largest absolute Gasteiger partial charge is 0.310 e. The molecule has 0 atom stereocenters. The Bertz CT molecular complexity index is 824. The van der Waals surface area contributed by atoms with Gasteiger partial charge >= 0.3 is 0 Å². The summed E-state index contributed by atoms with van der Waals surface area (Å²) in [4.78, 5) is 49.9. The lowest BCUT2D eigenvalue weighted by atomic mass is 10.1. The first kappa shape index (κ1) is 18.6. The van der Waals surface area contributed by atoms with Crippen LogP contribution in [0.3, 0.4) is 0 Å². The van der Waals surface area contributed by atoms with Crippen molar-refractivity contribution in [2.24, 2.45) is 5.92 Å². The summed E-state index contributed by atoms with van der Waals surface area (Å²) in [5.74, 6) is -3.54. The molecule has 0 saturated heterocycles. The summed E-state index contributed by atoms with van der Waals surface area (Å²) >= 11 is 0. The van der Waals surface area contributed by atoms with Gasteiger partial charge in [-0.3, -0.25) is 14.4 Å². The van der Waals surface area contributed by atoms with Crippen molar-refractivity contribution in [2.45, 2.75) is 0 Å². The van der Waals surface area contributed by atoms with Gasteiger partial charge in [-0.25, -0.2) is 15.0 Å². The van der Waals surface area contributed by atoms with E-state index in [-0.39, 0.29) is 17.5 Å². The molecule has 3 heterocycles. The fourth-order valence-electron chi connectivity index (χ4n) is 2.26. The van der Waals surface area contributed by atoms with Crippen molar-refractivity contribution < 1.29 is 14.4 Å². The van der Waals surface area contributed by atoms with Gasteiger partial charge in [0, 0.05) is 18.6 Å². The molecule has 3 aromatic heterocycles. The van der Waals surface area contributed by atoms with Gasteiger partial charge in [-0.05, 0) is 36.4 Å². The third-order valence-corrected chi connectivity index (χ3v) is 3.54. The minimum absolute atomic E-state index is 0.216. The van der Waals surface area contributed by atoms with Gasteiger partial charge in [0.25, 0.3) is 0 Å². The number of pyridine rings is 3. The van der Waals surface area contributed by atoms with E-state index in [0.29, 0.717) is 0 Å². The summed E-state index contributed by atoms with van der Waals surface area (Å²) in [6.07, 6.45) is 4.44. The highest BCUT2D eigenvalue weighted by atomic mass is 16.2. The van der Waals surface area contributed by atoms with Crippen molar-refractivity contribution in [1.29, 1.82) is 0 Å².